The smallest absolute Gasteiger partial charge is 0.247 e. The summed E-state index contributed by atoms with van der Waals surface area (Å²) in [5.74, 6) is 3.83. The Kier molecular flexibility index (Phi) is 5.46. The highest BCUT2D eigenvalue weighted by atomic mass is 16.5. The zero-order valence-corrected chi connectivity index (χ0v) is 14.7. The standard InChI is InChI=1S/C21H25NO2/c1-20(2,3)14-7-8-15-21(23,24)22(4)16-18-12-9-11-17-10-5-6-13-19(17)18/h5-6,8-13,15,23-24H,16H2,1-4H3/b15-8+. The average Bonchev–Trinajstić information content (AvgIpc) is 2.51. The molecular formula is C21H25NO2. The lowest BCUT2D eigenvalue weighted by Crippen LogP contribution is -2.44. The lowest BCUT2D eigenvalue weighted by molar-refractivity contribution is -0.221. The van der Waals surface area contributed by atoms with Gasteiger partial charge in [-0.15, -0.1) is 0 Å². The van der Waals surface area contributed by atoms with Gasteiger partial charge in [0.25, 0.3) is 0 Å². The summed E-state index contributed by atoms with van der Waals surface area (Å²) in [6.45, 7) is 6.42. The van der Waals surface area contributed by atoms with Crippen molar-refractivity contribution in [3.8, 4) is 11.8 Å². The van der Waals surface area contributed by atoms with E-state index in [0.717, 1.165) is 16.3 Å². The van der Waals surface area contributed by atoms with E-state index in [9.17, 15) is 10.2 Å². The van der Waals surface area contributed by atoms with Crippen LogP contribution in [0.5, 0.6) is 0 Å². The number of fused-ring (bicyclic) bond motifs is 1. The molecule has 0 unspecified atom stereocenters. The highest BCUT2D eigenvalue weighted by Crippen LogP contribution is 2.21. The van der Waals surface area contributed by atoms with Crippen molar-refractivity contribution >= 4 is 10.8 Å². The number of benzene rings is 2. The lowest BCUT2D eigenvalue weighted by atomic mass is 9.98. The van der Waals surface area contributed by atoms with Gasteiger partial charge >= 0.3 is 0 Å². The third-order valence-electron chi connectivity index (χ3n) is 3.69. The quantitative estimate of drug-likeness (QED) is 0.668. The van der Waals surface area contributed by atoms with Crippen molar-refractivity contribution in [2.75, 3.05) is 7.05 Å². The van der Waals surface area contributed by atoms with Gasteiger partial charge in [0, 0.05) is 12.0 Å². The predicted molar refractivity (Wildman–Crippen MR) is 99.0 cm³/mol. The molecule has 24 heavy (non-hydrogen) atoms. The molecule has 0 saturated heterocycles. The zero-order valence-electron chi connectivity index (χ0n) is 14.7. The third-order valence-corrected chi connectivity index (χ3v) is 3.69. The molecule has 0 aliphatic heterocycles. The van der Waals surface area contributed by atoms with Gasteiger partial charge in [0.1, 0.15) is 0 Å². The maximum absolute atomic E-state index is 10.3. The summed E-state index contributed by atoms with van der Waals surface area (Å²) in [6, 6.07) is 14.1. The molecule has 2 rings (SSSR count). The van der Waals surface area contributed by atoms with Gasteiger partial charge in [0.05, 0.1) is 0 Å². The summed E-state index contributed by atoms with van der Waals surface area (Å²) < 4.78 is 0. The second-order valence-corrected chi connectivity index (χ2v) is 7.03. The molecule has 0 aliphatic carbocycles. The molecule has 0 aromatic heterocycles. The van der Waals surface area contributed by atoms with Gasteiger partial charge in [0.2, 0.25) is 5.91 Å². The fourth-order valence-corrected chi connectivity index (χ4v) is 2.34. The van der Waals surface area contributed by atoms with Crippen LogP contribution in [0.4, 0.5) is 0 Å². The number of allylic oxidation sites excluding steroid dienone is 1. The highest BCUT2D eigenvalue weighted by Gasteiger charge is 2.25. The van der Waals surface area contributed by atoms with E-state index in [-0.39, 0.29) is 5.41 Å². The fourth-order valence-electron chi connectivity index (χ4n) is 2.34. The maximum Gasteiger partial charge on any atom is 0.247 e. The number of aliphatic hydroxyl groups is 2. The van der Waals surface area contributed by atoms with Gasteiger partial charge in [-0.05, 0) is 56.3 Å². The van der Waals surface area contributed by atoms with Crippen molar-refractivity contribution in [2.24, 2.45) is 5.41 Å². The molecule has 0 heterocycles. The molecule has 3 heteroatoms. The minimum atomic E-state index is -2.05. The predicted octanol–water partition coefficient (Wildman–Crippen LogP) is 3.52. The molecule has 0 spiro atoms. The molecule has 0 bridgehead atoms. The topological polar surface area (TPSA) is 43.7 Å². The van der Waals surface area contributed by atoms with Gasteiger partial charge in [-0.25, -0.2) is 4.90 Å². The summed E-state index contributed by atoms with van der Waals surface area (Å²) in [6.07, 6.45) is 2.79. The first-order valence-corrected chi connectivity index (χ1v) is 8.02. The molecule has 2 N–H and O–H groups in total. The van der Waals surface area contributed by atoms with E-state index in [2.05, 4.69) is 11.8 Å². The Labute approximate surface area is 144 Å². The first kappa shape index (κ1) is 18.2. The Hall–Kier alpha value is -2.12. The van der Waals surface area contributed by atoms with Crippen LogP contribution in [0.25, 0.3) is 10.8 Å². The molecule has 2 aromatic rings. The van der Waals surface area contributed by atoms with Crippen molar-refractivity contribution in [1.82, 2.24) is 4.90 Å². The van der Waals surface area contributed by atoms with Gasteiger partial charge in [0.15, 0.2) is 0 Å². The van der Waals surface area contributed by atoms with E-state index in [1.807, 2.05) is 63.2 Å². The van der Waals surface area contributed by atoms with E-state index in [4.69, 9.17) is 0 Å². The summed E-state index contributed by atoms with van der Waals surface area (Å²) in [5, 5.41) is 22.8. The first-order chi connectivity index (χ1) is 11.2. The van der Waals surface area contributed by atoms with Crippen LogP contribution in [0.1, 0.15) is 26.3 Å². The van der Waals surface area contributed by atoms with E-state index in [1.54, 1.807) is 7.05 Å². The third kappa shape index (κ3) is 4.94. The Morgan fingerprint density at radius 2 is 1.71 bits per heavy atom. The monoisotopic (exact) mass is 323 g/mol. The van der Waals surface area contributed by atoms with Crippen molar-refractivity contribution in [2.45, 2.75) is 33.2 Å². The van der Waals surface area contributed by atoms with Gasteiger partial charge < -0.3 is 10.2 Å². The van der Waals surface area contributed by atoms with Crippen LogP contribution in [-0.4, -0.2) is 28.1 Å². The largest absolute Gasteiger partial charge is 0.350 e. The number of hydrogen-bond donors (Lipinski definition) is 2. The van der Waals surface area contributed by atoms with Crippen LogP contribution in [0.3, 0.4) is 0 Å². The Morgan fingerprint density at radius 1 is 1.04 bits per heavy atom. The molecule has 126 valence electrons. The van der Waals surface area contributed by atoms with E-state index < -0.39 is 5.91 Å². The number of hydrogen-bond acceptors (Lipinski definition) is 3. The molecular weight excluding hydrogens is 298 g/mol. The van der Waals surface area contributed by atoms with Gasteiger partial charge in [-0.2, -0.15) is 0 Å². The molecule has 2 aromatic carbocycles. The Balaban J connectivity index is 2.16. The van der Waals surface area contributed by atoms with Crippen LogP contribution >= 0.6 is 0 Å². The summed E-state index contributed by atoms with van der Waals surface area (Å²) >= 11 is 0. The van der Waals surface area contributed by atoms with Crippen molar-refractivity contribution in [3.63, 3.8) is 0 Å². The Bertz CT molecular complexity index is 783. The van der Waals surface area contributed by atoms with Crippen LogP contribution in [0.2, 0.25) is 0 Å². The van der Waals surface area contributed by atoms with Gasteiger partial charge in [-0.1, -0.05) is 54.3 Å². The number of rotatable bonds is 4. The molecule has 3 nitrogen and oxygen atoms in total. The molecule has 0 atom stereocenters. The molecule has 0 saturated carbocycles. The summed E-state index contributed by atoms with van der Waals surface area (Å²) in [7, 11) is 1.67. The van der Waals surface area contributed by atoms with E-state index in [0.29, 0.717) is 6.54 Å². The minimum Gasteiger partial charge on any atom is -0.350 e. The molecule has 0 fully saturated rings. The molecule has 0 aliphatic rings. The number of nitrogens with zero attached hydrogens (tertiary/aromatic N) is 1. The van der Waals surface area contributed by atoms with Crippen molar-refractivity contribution in [3.05, 3.63) is 60.2 Å². The van der Waals surface area contributed by atoms with E-state index in [1.165, 1.54) is 17.1 Å². The normalized spacial score (nSPS) is 12.6. The van der Waals surface area contributed by atoms with E-state index >= 15 is 0 Å². The van der Waals surface area contributed by atoms with Crippen LogP contribution in [0, 0.1) is 17.3 Å². The molecule has 0 amide bonds. The second kappa shape index (κ2) is 7.19. The minimum absolute atomic E-state index is 0.118. The summed E-state index contributed by atoms with van der Waals surface area (Å²) in [5.41, 5.74) is 0.921. The summed E-state index contributed by atoms with van der Waals surface area (Å²) in [4.78, 5) is 1.48. The molecule has 0 radical (unpaired) electrons. The van der Waals surface area contributed by atoms with Crippen LogP contribution < -0.4 is 0 Å². The second-order valence-electron chi connectivity index (χ2n) is 7.03. The maximum atomic E-state index is 10.3. The van der Waals surface area contributed by atoms with Gasteiger partial charge in [-0.3, -0.25) is 0 Å². The SMILES string of the molecule is CN(Cc1cccc2ccccc12)C(O)(O)/C=C/C#CC(C)(C)C. The average molecular weight is 323 g/mol. The van der Waals surface area contributed by atoms with Crippen LogP contribution in [-0.2, 0) is 6.54 Å². The fraction of sp³-hybridized carbons (Fsp3) is 0.333. The van der Waals surface area contributed by atoms with Crippen molar-refractivity contribution in [1.29, 1.82) is 0 Å². The first-order valence-electron chi connectivity index (χ1n) is 8.02. The number of likely N-dealkylation sites (N-methyl/N-ethyl adjacent to an activating group) is 1. The lowest BCUT2D eigenvalue weighted by Gasteiger charge is -2.29. The van der Waals surface area contributed by atoms with Crippen molar-refractivity contribution < 1.29 is 10.2 Å². The van der Waals surface area contributed by atoms with Crippen LogP contribution in [0.15, 0.2) is 54.6 Å². The zero-order chi connectivity index (χ0) is 17.8. The Morgan fingerprint density at radius 3 is 2.42 bits per heavy atom. The highest BCUT2D eigenvalue weighted by molar-refractivity contribution is 5.85.